The molecule has 1 aliphatic rings. The van der Waals surface area contributed by atoms with E-state index < -0.39 is 0 Å². The zero-order valence-corrected chi connectivity index (χ0v) is 21.4. The van der Waals surface area contributed by atoms with E-state index in [1.165, 1.54) is 5.69 Å². The van der Waals surface area contributed by atoms with Crippen LogP contribution in [0.2, 0.25) is 0 Å². The number of aryl methyl sites for hydroxylation is 2. The zero-order valence-electron chi connectivity index (χ0n) is 21.4. The number of benzene rings is 2. The van der Waals surface area contributed by atoms with Crippen molar-refractivity contribution < 1.29 is 0 Å². The molecule has 1 N–H and O–H groups in total. The van der Waals surface area contributed by atoms with Crippen LogP contribution in [0.4, 0.5) is 17.3 Å². The summed E-state index contributed by atoms with van der Waals surface area (Å²) in [5, 5.41) is 4.25. The van der Waals surface area contributed by atoms with Crippen molar-refractivity contribution in [2.45, 2.75) is 33.7 Å². The van der Waals surface area contributed by atoms with Crippen molar-refractivity contribution in [1.29, 1.82) is 0 Å². The second kappa shape index (κ2) is 10.5. The Kier molecular flexibility index (Phi) is 7.00. The molecule has 5 rings (SSSR count). The van der Waals surface area contributed by atoms with Gasteiger partial charge in [0.2, 0.25) is 5.95 Å². The molecule has 7 heteroatoms. The van der Waals surface area contributed by atoms with E-state index in [1.54, 1.807) is 4.57 Å². The fraction of sp³-hybridized carbons (Fsp3) is 0.345. The van der Waals surface area contributed by atoms with Gasteiger partial charge in [-0.2, -0.15) is 4.98 Å². The summed E-state index contributed by atoms with van der Waals surface area (Å²) in [4.78, 5) is 27.9. The van der Waals surface area contributed by atoms with Crippen LogP contribution in [-0.2, 0) is 6.54 Å². The number of hydrogen-bond acceptors (Lipinski definition) is 6. The monoisotopic (exact) mass is 482 g/mol. The Labute approximate surface area is 212 Å². The minimum Gasteiger partial charge on any atom is -0.369 e. The lowest BCUT2D eigenvalue weighted by Gasteiger charge is -2.35. The van der Waals surface area contributed by atoms with Gasteiger partial charge in [0.15, 0.2) is 0 Å². The van der Waals surface area contributed by atoms with E-state index in [1.807, 2.05) is 43.3 Å². The third kappa shape index (κ3) is 4.84. The number of hydrogen-bond donors (Lipinski definition) is 1. The normalized spacial score (nSPS) is 14.4. The van der Waals surface area contributed by atoms with E-state index in [4.69, 9.17) is 9.97 Å². The second-order valence-corrected chi connectivity index (χ2v) is 9.34. The maximum absolute atomic E-state index is 13.5. The summed E-state index contributed by atoms with van der Waals surface area (Å²) in [7, 11) is 0. The van der Waals surface area contributed by atoms with Gasteiger partial charge in [0, 0.05) is 55.0 Å². The first kappa shape index (κ1) is 24.0. The van der Waals surface area contributed by atoms with Gasteiger partial charge in [0.05, 0.1) is 5.69 Å². The van der Waals surface area contributed by atoms with Crippen LogP contribution in [0.5, 0.6) is 0 Å². The van der Waals surface area contributed by atoms with Crippen LogP contribution in [-0.4, -0.2) is 52.2 Å². The Morgan fingerprint density at radius 1 is 0.917 bits per heavy atom. The van der Waals surface area contributed by atoms with Crippen molar-refractivity contribution in [3.8, 4) is 11.1 Å². The average Bonchev–Trinajstić information content (AvgIpc) is 2.91. The van der Waals surface area contributed by atoms with Gasteiger partial charge in [-0.3, -0.25) is 9.36 Å². The van der Waals surface area contributed by atoms with Gasteiger partial charge in [-0.05, 0) is 55.8 Å². The number of pyridine rings is 1. The standard InChI is InChI=1S/C29H34N6O/c1-4-15-35-27-25(20-26(28(35)36)22-9-7-6-8-10-22)21(3)30-29(32-27)31-23-11-13-24(14-12-23)34-18-16-33(5-2)17-19-34/h6-14,20H,4-5,15-19H2,1-3H3,(H,30,31,32). The number of likely N-dealkylation sites (N-methyl/N-ethyl adjacent to an activating group) is 1. The summed E-state index contributed by atoms with van der Waals surface area (Å²) in [6.45, 7) is 12.3. The zero-order chi connectivity index (χ0) is 25.1. The van der Waals surface area contributed by atoms with Gasteiger partial charge in [-0.25, -0.2) is 4.98 Å². The molecule has 1 aliphatic heterocycles. The number of aromatic nitrogens is 3. The lowest BCUT2D eigenvalue weighted by atomic mass is 10.1. The van der Waals surface area contributed by atoms with Gasteiger partial charge in [0.25, 0.3) is 5.56 Å². The molecule has 2 aromatic heterocycles. The molecule has 4 aromatic rings. The van der Waals surface area contributed by atoms with Crippen molar-refractivity contribution in [3.63, 3.8) is 0 Å². The molecule has 186 valence electrons. The van der Waals surface area contributed by atoms with Crippen LogP contribution < -0.4 is 15.8 Å². The number of nitrogens with zero attached hydrogens (tertiary/aromatic N) is 5. The topological polar surface area (TPSA) is 66.3 Å². The molecule has 0 radical (unpaired) electrons. The molecule has 0 unspecified atom stereocenters. The van der Waals surface area contributed by atoms with Crippen LogP contribution in [0.15, 0.2) is 65.5 Å². The first-order valence-corrected chi connectivity index (χ1v) is 12.9. The third-order valence-corrected chi connectivity index (χ3v) is 6.98. The fourth-order valence-electron chi connectivity index (χ4n) is 4.91. The maximum Gasteiger partial charge on any atom is 0.260 e. The second-order valence-electron chi connectivity index (χ2n) is 9.34. The van der Waals surface area contributed by atoms with Gasteiger partial charge < -0.3 is 15.1 Å². The Balaban J connectivity index is 1.45. The van der Waals surface area contributed by atoms with Gasteiger partial charge in [0.1, 0.15) is 5.65 Å². The first-order chi connectivity index (χ1) is 17.6. The van der Waals surface area contributed by atoms with E-state index in [0.29, 0.717) is 23.7 Å². The Morgan fingerprint density at radius 3 is 2.31 bits per heavy atom. The van der Waals surface area contributed by atoms with Crippen LogP contribution in [0.1, 0.15) is 26.0 Å². The summed E-state index contributed by atoms with van der Waals surface area (Å²) in [6, 6.07) is 20.2. The molecular formula is C29H34N6O. The smallest absolute Gasteiger partial charge is 0.260 e. The van der Waals surface area contributed by atoms with Crippen molar-refractivity contribution in [1.82, 2.24) is 19.4 Å². The minimum atomic E-state index is -0.0212. The molecule has 3 heterocycles. The molecule has 0 spiro atoms. The predicted molar refractivity (Wildman–Crippen MR) is 148 cm³/mol. The molecule has 36 heavy (non-hydrogen) atoms. The molecule has 0 aliphatic carbocycles. The summed E-state index contributed by atoms with van der Waals surface area (Å²) >= 11 is 0. The van der Waals surface area contributed by atoms with Crippen LogP contribution in [0.25, 0.3) is 22.2 Å². The molecule has 7 nitrogen and oxygen atoms in total. The summed E-state index contributed by atoms with van der Waals surface area (Å²) in [5.41, 5.74) is 5.24. The molecule has 1 fully saturated rings. The van der Waals surface area contributed by atoms with Crippen molar-refractivity contribution in [2.75, 3.05) is 42.9 Å². The van der Waals surface area contributed by atoms with E-state index >= 15 is 0 Å². The minimum absolute atomic E-state index is 0.0212. The Bertz CT molecular complexity index is 1390. The number of anilines is 3. The van der Waals surface area contributed by atoms with E-state index in [2.05, 4.69) is 53.2 Å². The number of fused-ring (bicyclic) bond motifs is 1. The quantitative estimate of drug-likeness (QED) is 0.397. The highest BCUT2D eigenvalue weighted by Crippen LogP contribution is 2.25. The molecule has 2 aromatic carbocycles. The highest BCUT2D eigenvalue weighted by Gasteiger charge is 2.17. The van der Waals surface area contributed by atoms with Crippen LogP contribution >= 0.6 is 0 Å². The van der Waals surface area contributed by atoms with Crippen LogP contribution in [0, 0.1) is 6.92 Å². The summed E-state index contributed by atoms with van der Waals surface area (Å²) < 4.78 is 1.79. The molecule has 0 atom stereocenters. The Hall–Kier alpha value is -3.71. The highest BCUT2D eigenvalue weighted by molar-refractivity contribution is 5.84. The lowest BCUT2D eigenvalue weighted by molar-refractivity contribution is 0.271. The molecule has 0 saturated carbocycles. The van der Waals surface area contributed by atoms with Gasteiger partial charge in [-0.1, -0.05) is 44.2 Å². The SMILES string of the molecule is CCCn1c(=O)c(-c2ccccc2)cc2c(C)nc(Nc3ccc(N4CCN(CC)CC4)cc3)nc21. The van der Waals surface area contributed by atoms with Crippen LogP contribution in [0.3, 0.4) is 0 Å². The van der Waals surface area contributed by atoms with E-state index in [-0.39, 0.29) is 5.56 Å². The molecule has 1 saturated heterocycles. The molecule has 0 bridgehead atoms. The van der Waals surface area contributed by atoms with Gasteiger partial charge in [-0.15, -0.1) is 0 Å². The number of piperazine rings is 1. The predicted octanol–water partition coefficient (Wildman–Crippen LogP) is 5.06. The van der Waals surface area contributed by atoms with Gasteiger partial charge >= 0.3 is 0 Å². The molecule has 0 amide bonds. The first-order valence-electron chi connectivity index (χ1n) is 12.9. The third-order valence-electron chi connectivity index (χ3n) is 6.98. The highest BCUT2D eigenvalue weighted by atomic mass is 16.1. The number of nitrogens with one attached hydrogen (secondary N) is 1. The van der Waals surface area contributed by atoms with E-state index in [9.17, 15) is 4.79 Å². The average molecular weight is 483 g/mol. The maximum atomic E-state index is 13.5. The van der Waals surface area contributed by atoms with Crippen molar-refractivity contribution >= 4 is 28.4 Å². The van der Waals surface area contributed by atoms with E-state index in [0.717, 1.165) is 61.5 Å². The molecular weight excluding hydrogens is 448 g/mol. The Morgan fingerprint density at radius 2 is 1.64 bits per heavy atom. The number of rotatable bonds is 7. The largest absolute Gasteiger partial charge is 0.369 e. The lowest BCUT2D eigenvalue weighted by Crippen LogP contribution is -2.46. The fourth-order valence-corrected chi connectivity index (χ4v) is 4.91. The van der Waals surface area contributed by atoms with Crippen molar-refractivity contribution in [2.24, 2.45) is 0 Å². The summed E-state index contributed by atoms with van der Waals surface area (Å²) in [5.74, 6) is 0.501. The van der Waals surface area contributed by atoms with Crippen molar-refractivity contribution in [3.05, 3.63) is 76.7 Å². The summed E-state index contributed by atoms with van der Waals surface area (Å²) in [6.07, 6.45) is 0.840.